The molecule has 1 amide bonds. The lowest BCUT2D eigenvalue weighted by Crippen LogP contribution is -2.47. The number of methoxy groups -OCH3 is 1. The molecule has 1 aliphatic rings. The summed E-state index contributed by atoms with van der Waals surface area (Å²) >= 11 is 0. The highest BCUT2D eigenvalue weighted by molar-refractivity contribution is 5.92. The van der Waals surface area contributed by atoms with Crippen LogP contribution in [-0.4, -0.2) is 42.1 Å². The van der Waals surface area contributed by atoms with Gasteiger partial charge in [0.2, 0.25) is 0 Å². The molecule has 1 aliphatic heterocycles. The highest BCUT2D eigenvalue weighted by Gasteiger charge is 2.32. The van der Waals surface area contributed by atoms with E-state index in [2.05, 4.69) is 29.2 Å². The van der Waals surface area contributed by atoms with Crippen LogP contribution in [0.25, 0.3) is 0 Å². The SMILES string of the molecule is CO[C@@H]1CCN(C(=O)c2ccc(C)cn2)C[C@H]1Cc1ccccc1. The van der Waals surface area contributed by atoms with Gasteiger partial charge in [-0.3, -0.25) is 9.78 Å². The number of aryl methyl sites for hydroxylation is 1. The zero-order valence-electron chi connectivity index (χ0n) is 14.3. The van der Waals surface area contributed by atoms with Crippen molar-refractivity contribution in [2.45, 2.75) is 25.9 Å². The molecule has 1 saturated heterocycles. The average Bonchev–Trinajstić information content (AvgIpc) is 2.62. The van der Waals surface area contributed by atoms with Crippen LogP contribution in [0.15, 0.2) is 48.7 Å². The van der Waals surface area contributed by atoms with Gasteiger partial charge in [-0.05, 0) is 37.0 Å². The lowest BCUT2D eigenvalue weighted by atomic mass is 9.88. The van der Waals surface area contributed by atoms with Gasteiger partial charge in [0.05, 0.1) is 6.10 Å². The summed E-state index contributed by atoms with van der Waals surface area (Å²) < 4.78 is 5.67. The summed E-state index contributed by atoms with van der Waals surface area (Å²) in [5.41, 5.74) is 2.87. The summed E-state index contributed by atoms with van der Waals surface area (Å²) in [6.45, 7) is 3.40. The third-order valence-electron chi connectivity index (χ3n) is 4.73. The first-order chi connectivity index (χ1) is 11.7. The first-order valence-corrected chi connectivity index (χ1v) is 8.46. The number of carbonyl (C=O) groups is 1. The van der Waals surface area contributed by atoms with Crippen LogP contribution in [-0.2, 0) is 11.2 Å². The first-order valence-electron chi connectivity index (χ1n) is 8.46. The van der Waals surface area contributed by atoms with Gasteiger partial charge in [-0.2, -0.15) is 0 Å². The van der Waals surface area contributed by atoms with E-state index in [4.69, 9.17) is 4.74 Å². The molecule has 0 saturated carbocycles. The summed E-state index contributed by atoms with van der Waals surface area (Å²) in [4.78, 5) is 18.9. The molecule has 1 aromatic heterocycles. The van der Waals surface area contributed by atoms with E-state index in [1.54, 1.807) is 13.3 Å². The molecule has 2 heterocycles. The van der Waals surface area contributed by atoms with Gasteiger partial charge in [0.15, 0.2) is 0 Å². The molecule has 4 nitrogen and oxygen atoms in total. The predicted molar refractivity (Wildman–Crippen MR) is 93.9 cm³/mol. The van der Waals surface area contributed by atoms with Crippen LogP contribution >= 0.6 is 0 Å². The van der Waals surface area contributed by atoms with Crippen molar-refractivity contribution in [1.82, 2.24) is 9.88 Å². The Balaban J connectivity index is 1.72. The number of hydrogen-bond acceptors (Lipinski definition) is 3. The van der Waals surface area contributed by atoms with Crippen molar-refractivity contribution in [3.8, 4) is 0 Å². The van der Waals surface area contributed by atoms with Crippen LogP contribution in [0.5, 0.6) is 0 Å². The monoisotopic (exact) mass is 324 g/mol. The number of aromatic nitrogens is 1. The number of likely N-dealkylation sites (tertiary alicyclic amines) is 1. The van der Waals surface area contributed by atoms with Gasteiger partial charge in [-0.15, -0.1) is 0 Å². The van der Waals surface area contributed by atoms with E-state index in [-0.39, 0.29) is 12.0 Å². The second-order valence-electron chi connectivity index (χ2n) is 6.48. The van der Waals surface area contributed by atoms with Crippen molar-refractivity contribution in [2.75, 3.05) is 20.2 Å². The van der Waals surface area contributed by atoms with Gasteiger partial charge in [-0.1, -0.05) is 36.4 Å². The number of amides is 1. The minimum atomic E-state index is 0.0163. The molecule has 2 aromatic rings. The Morgan fingerprint density at radius 2 is 2.04 bits per heavy atom. The number of hydrogen-bond donors (Lipinski definition) is 0. The number of pyridine rings is 1. The molecule has 24 heavy (non-hydrogen) atoms. The molecular formula is C20H24N2O2. The molecular weight excluding hydrogens is 300 g/mol. The Morgan fingerprint density at radius 3 is 2.71 bits per heavy atom. The average molecular weight is 324 g/mol. The number of carbonyl (C=O) groups excluding carboxylic acids is 1. The van der Waals surface area contributed by atoms with Crippen LogP contribution in [0.3, 0.4) is 0 Å². The Kier molecular flexibility index (Phi) is 5.26. The number of rotatable bonds is 4. The first kappa shape index (κ1) is 16.7. The maximum Gasteiger partial charge on any atom is 0.272 e. The largest absolute Gasteiger partial charge is 0.381 e. The van der Waals surface area contributed by atoms with E-state index < -0.39 is 0 Å². The Bertz CT molecular complexity index is 670. The fourth-order valence-electron chi connectivity index (χ4n) is 3.37. The number of ether oxygens (including phenoxy) is 1. The van der Waals surface area contributed by atoms with Crippen LogP contribution < -0.4 is 0 Å². The van der Waals surface area contributed by atoms with Crippen LogP contribution in [0, 0.1) is 12.8 Å². The molecule has 2 atom stereocenters. The van der Waals surface area contributed by atoms with E-state index >= 15 is 0 Å². The van der Waals surface area contributed by atoms with Crippen LogP contribution in [0.1, 0.15) is 28.0 Å². The van der Waals surface area contributed by atoms with Crippen molar-refractivity contribution in [2.24, 2.45) is 5.92 Å². The molecule has 0 bridgehead atoms. The summed E-state index contributed by atoms with van der Waals surface area (Å²) in [6.07, 6.45) is 3.73. The van der Waals surface area contributed by atoms with Gasteiger partial charge in [0.25, 0.3) is 5.91 Å². The third-order valence-corrected chi connectivity index (χ3v) is 4.73. The summed E-state index contributed by atoms with van der Waals surface area (Å²) in [5, 5.41) is 0. The quantitative estimate of drug-likeness (QED) is 0.868. The summed E-state index contributed by atoms with van der Waals surface area (Å²) in [7, 11) is 1.77. The van der Waals surface area contributed by atoms with Crippen molar-refractivity contribution in [1.29, 1.82) is 0 Å². The van der Waals surface area contributed by atoms with Gasteiger partial charge < -0.3 is 9.64 Å². The molecule has 0 N–H and O–H groups in total. The minimum Gasteiger partial charge on any atom is -0.381 e. The van der Waals surface area contributed by atoms with Gasteiger partial charge in [-0.25, -0.2) is 0 Å². The lowest BCUT2D eigenvalue weighted by Gasteiger charge is -2.38. The minimum absolute atomic E-state index is 0.0163. The van der Waals surface area contributed by atoms with E-state index in [0.717, 1.165) is 24.9 Å². The Labute approximate surface area is 143 Å². The number of piperidine rings is 1. The standard InChI is InChI=1S/C20H24N2O2/c1-15-8-9-18(21-13-15)20(23)22-11-10-19(24-2)17(14-22)12-16-6-4-3-5-7-16/h3-9,13,17,19H,10-12,14H2,1-2H3/t17-,19-/m1/s1. The van der Waals surface area contributed by atoms with Crippen molar-refractivity contribution < 1.29 is 9.53 Å². The predicted octanol–water partition coefficient (Wildman–Crippen LogP) is 3.11. The van der Waals surface area contributed by atoms with Crippen LogP contribution in [0.4, 0.5) is 0 Å². The van der Waals surface area contributed by atoms with E-state index in [9.17, 15) is 4.79 Å². The summed E-state index contributed by atoms with van der Waals surface area (Å²) in [5.74, 6) is 0.322. The molecule has 1 fully saturated rings. The normalized spacial score (nSPS) is 20.8. The Hall–Kier alpha value is -2.20. The van der Waals surface area contributed by atoms with Gasteiger partial charge in [0, 0.05) is 32.3 Å². The molecule has 3 rings (SSSR count). The third kappa shape index (κ3) is 3.82. The maximum absolute atomic E-state index is 12.7. The molecule has 126 valence electrons. The van der Waals surface area contributed by atoms with Crippen LogP contribution in [0.2, 0.25) is 0 Å². The number of nitrogens with zero attached hydrogens (tertiary/aromatic N) is 2. The van der Waals surface area contributed by atoms with Crippen molar-refractivity contribution in [3.05, 3.63) is 65.5 Å². The fourth-order valence-corrected chi connectivity index (χ4v) is 3.37. The van der Waals surface area contributed by atoms with E-state index in [1.807, 2.05) is 30.0 Å². The molecule has 0 spiro atoms. The van der Waals surface area contributed by atoms with Crippen molar-refractivity contribution in [3.63, 3.8) is 0 Å². The second kappa shape index (κ2) is 7.58. The highest BCUT2D eigenvalue weighted by atomic mass is 16.5. The van der Waals surface area contributed by atoms with Gasteiger partial charge >= 0.3 is 0 Å². The summed E-state index contributed by atoms with van der Waals surface area (Å²) in [6, 6.07) is 14.1. The zero-order valence-corrected chi connectivity index (χ0v) is 14.3. The number of benzene rings is 1. The highest BCUT2D eigenvalue weighted by Crippen LogP contribution is 2.24. The zero-order chi connectivity index (χ0) is 16.9. The molecule has 0 radical (unpaired) electrons. The van der Waals surface area contributed by atoms with Crippen molar-refractivity contribution >= 4 is 5.91 Å². The van der Waals surface area contributed by atoms with E-state index in [1.165, 1.54) is 5.56 Å². The molecule has 4 heteroatoms. The van der Waals surface area contributed by atoms with Gasteiger partial charge in [0.1, 0.15) is 5.69 Å². The maximum atomic E-state index is 12.7. The topological polar surface area (TPSA) is 42.4 Å². The fraction of sp³-hybridized carbons (Fsp3) is 0.400. The second-order valence-corrected chi connectivity index (χ2v) is 6.48. The Morgan fingerprint density at radius 1 is 1.25 bits per heavy atom. The smallest absolute Gasteiger partial charge is 0.272 e. The molecule has 0 aliphatic carbocycles. The van der Waals surface area contributed by atoms with E-state index in [0.29, 0.717) is 18.2 Å². The molecule has 0 unspecified atom stereocenters. The lowest BCUT2D eigenvalue weighted by molar-refractivity contribution is -0.00317. The molecule has 1 aromatic carbocycles.